The number of hydrogen-bond donors (Lipinski definition) is 0. The highest BCUT2D eigenvalue weighted by molar-refractivity contribution is 9.10. The van der Waals surface area contributed by atoms with Gasteiger partial charge in [-0.1, -0.05) is 15.9 Å². The fourth-order valence-electron chi connectivity index (χ4n) is 1.97. The molecule has 0 aromatic heterocycles. The van der Waals surface area contributed by atoms with E-state index in [9.17, 15) is 4.79 Å². The van der Waals surface area contributed by atoms with Crippen LogP contribution in [-0.2, 0) is 4.74 Å². The van der Waals surface area contributed by atoms with Crippen molar-refractivity contribution < 1.29 is 9.53 Å². The first-order valence-electron chi connectivity index (χ1n) is 5.31. The second kappa shape index (κ2) is 4.97. The van der Waals surface area contributed by atoms with Crippen molar-refractivity contribution in [1.82, 2.24) is 0 Å². The van der Waals surface area contributed by atoms with E-state index in [1.165, 1.54) is 0 Å². The summed E-state index contributed by atoms with van der Waals surface area (Å²) in [4.78, 5) is 13.3. The number of aldehydes is 1. The van der Waals surface area contributed by atoms with Crippen LogP contribution in [-0.4, -0.2) is 32.1 Å². The zero-order chi connectivity index (χ0) is 11.5. The fraction of sp³-hybridized carbons (Fsp3) is 0.417. The van der Waals surface area contributed by atoms with Gasteiger partial charge in [0.05, 0.1) is 13.2 Å². The van der Waals surface area contributed by atoms with Crippen molar-refractivity contribution >= 4 is 27.9 Å². The Morgan fingerprint density at radius 3 is 3.06 bits per heavy atom. The molecule has 0 aliphatic carbocycles. The number of anilines is 1. The second-order valence-corrected chi connectivity index (χ2v) is 4.85. The van der Waals surface area contributed by atoms with Crippen LogP contribution in [0.4, 0.5) is 5.69 Å². The number of carbonyl (C=O) groups is 1. The molecule has 0 N–H and O–H groups in total. The summed E-state index contributed by atoms with van der Waals surface area (Å²) in [6.07, 6.45) is 0.905. The molecule has 1 unspecified atom stereocenters. The summed E-state index contributed by atoms with van der Waals surface area (Å²) >= 11 is 3.37. The summed E-state index contributed by atoms with van der Waals surface area (Å²) in [5.41, 5.74) is 1.72. The molecule has 3 nitrogen and oxygen atoms in total. The van der Waals surface area contributed by atoms with E-state index in [0.29, 0.717) is 12.6 Å². The average molecular weight is 284 g/mol. The Labute approximate surface area is 104 Å². The first-order chi connectivity index (χ1) is 7.72. The fourth-order valence-corrected chi connectivity index (χ4v) is 2.35. The monoisotopic (exact) mass is 283 g/mol. The van der Waals surface area contributed by atoms with Gasteiger partial charge in [-0.2, -0.15) is 0 Å². The zero-order valence-electron chi connectivity index (χ0n) is 9.15. The summed E-state index contributed by atoms with van der Waals surface area (Å²) < 4.78 is 6.32. The Morgan fingerprint density at radius 1 is 1.56 bits per heavy atom. The lowest BCUT2D eigenvalue weighted by Crippen LogP contribution is -2.44. The van der Waals surface area contributed by atoms with Gasteiger partial charge in [-0.3, -0.25) is 4.79 Å². The first kappa shape index (κ1) is 11.6. The summed E-state index contributed by atoms with van der Waals surface area (Å²) in [5.74, 6) is 0. The van der Waals surface area contributed by atoms with E-state index in [1.54, 1.807) is 0 Å². The van der Waals surface area contributed by atoms with E-state index in [2.05, 4.69) is 27.8 Å². The van der Waals surface area contributed by atoms with Gasteiger partial charge in [-0.05, 0) is 25.1 Å². The van der Waals surface area contributed by atoms with Gasteiger partial charge < -0.3 is 9.64 Å². The highest BCUT2D eigenvalue weighted by Gasteiger charge is 2.21. The van der Waals surface area contributed by atoms with Gasteiger partial charge in [0, 0.05) is 28.3 Å². The topological polar surface area (TPSA) is 29.5 Å². The number of carbonyl (C=O) groups excluding carboxylic acids is 1. The molecule has 4 heteroatoms. The predicted octanol–water partition coefficient (Wildman–Crippen LogP) is 2.49. The number of halogens is 1. The van der Waals surface area contributed by atoms with Crippen LogP contribution in [0.15, 0.2) is 22.7 Å². The van der Waals surface area contributed by atoms with E-state index < -0.39 is 0 Å². The maximum Gasteiger partial charge on any atom is 0.152 e. The van der Waals surface area contributed by atoms with Gasteiger partial charge in [0.1, 0.15) is 0 Å². The lowest BCUT2D eigenvalue weighted by atomic mass is 10.1. The van der Waals surface area contributed by atoms with Crippen LogP contribution in [0.3, 0.4) is 0 Å². The Morgan fingerprint density at radius 2 is 2.38 bits per heavy atom. The molecule has 1 aliphatic rings. The number of morpholine rings is 1. The molecule has 0 radical (unpaired) electrons. The lowest BCUT2D eigenvalue weighted by Gasteiger charge is -2.36. The van der Waals surface area contributed by atoms with Gasteiger partial charge in [-0.15, -0.1) is 0 Å². The summed E-state index contributed by atoms with van der Waals surface area (Å²) in [7, 11) is 0. The van der Waals surface area contributed by atoms with Gasteiger partial charge in [-0.25, -0.2) is 0 Å². The highest BCUT2D eigenvalue weighted by Crippen LogP contribution is 2.26. The van der Waals surface area contributed by atoms with E-state index in [1.807, 2.05) is 18.2 Å². The normalized spacial score (nSPS) is 20.9. The molecule has 0 saturated carbocycles. The molecule has 1 aliphatic heterocycles. The third-order valence-corrected chi connectivity index (χ3v) is 3.29. The molecule has 2 rings (SSSR count). The minimum absolute atomic E-state index is 0.314. The summed E-state index contributed by atoms with van der Waals surface area (Å²) in [5, 5.41) is 0. The van der Waals surface area contributed by atoms with Crippen molar-refractivity contribution in [1.29, 1.82) is 0 Å². The standard InChI is InChI=1S/C12H14BrNO2/c1-9-8-16-5-4-14(9)12-3-2-11(13)6-10(12)7-15/h2-3,6-7,9H,4-5,8H2,1H3. The first-order valence-corrected chi connectivity index (χ1v) is 6.11. The van der Waals surface area contributed by atoms with Gasteiger partial charge in [0.15, 0.2) is 6.29 Å². The maximum atomic E-state index is 11.1. The average Bonchev–Trinajstić information content (AvgIpc) is 2.30. The molecule has 1 aromatic carbocycles. The number of nitrogens with zero attached hydrogens (tertiary/aromatic N) is 1. The molecule has 1 atom stereocenters. The Balaban J connectivity index is 2.34. The predicted molar refractivity (Wildman–Crippen MR) is 67.2 cm³/mol. The van der Waals surface area contributed by atoms with Crippen LogP contribution in [0.2, 0.25) is 0 Å². The quantitative estimate of drug-likeness (QED) is 0.781. The second-order valence-electron chi connectivity index (χ2n) is 3.94. The minimum atomic E-state index is 0.314. The number of rotatable bonds is 2. The highest BCUT2D eigenvalue weighted by atomic mass is 79.9. The molecular formula is C12H14BrNO2. The molecule has 1 heterocycles. The van der Waals surface area contributed by atoms with E-state index in [4.69, 9.17) is 4.74 Å². The third-order valence-electron chi connectivity index (χ3n) is 2.79. The van der Waals surface area contributed by atoms with E-state index >= 15 is 0 Å². The largest absolute Gasteiger partial charge is 0.377 e. The van der Waals surface area contributed by atoms with Crippen LogP contribution in [0.1, 0.15) is 17.3 Å². The van der Waals surface area contributed by atoms with Crippen molar-refractivity contribution in [2.24, 2.45) is 0 Å². The molecule has 0 spiro atoms. The Kier molecular flexibility index (Phi) is 3.61. The lowest BCUT2D eigenvalue weighted by molar-refractivity contribution is 0.0985. The van der Waals surface area contributed by atoms with Gasteiger partial charge in [0.25, 0.3) is 0 Å². The van der Waals surface area contributed by atoms with Gasteiger partial charge in [0.2, 0.25) is 0 Å². The van der Waals surface area contributed by atoms with Crippen molar-refractivity contribution in [3.8, 4) is 0 Å². The van der Waals surface area contributed by atoms with Crippen LogP contribution < -0.4 is 4.90 Å². The van der Waals surface area contributed by atoms with Crippen LogP contribution in [0.5, 0.6) is 0 Å². The molecule has 0 bridgehead atoms. The molecule has 1 saturated heterocycles. The number of ether oxygens (including phenoxy) is 1. The zero-order valence-corrected chi connectivity index (χ0v) is 10.7. The third kappa shape index (κ3) is 2.28. The van der Waals surface area contributed by atoms with E-state index in [-0.39, 0.29) is 0 Å². The molecule has 1 fully saturated rings. The van der Waals surface area contributed by atoms with Crippen molar-refractivity contribution in [3.63, 3.8) is 0 Å². The van der Waals surface area contributed by atoms with Crippen molar-refractivity contribution in [3.05, 3.63) is 28.2 Å². The Bertz CT molecular complexity index is 395. The molecule has 86 valence electrons. The van der Waals surface area contributed by atoms with Crippen molar-refractivity contribution in [2.45, 2.75) is 13.0 Å². The van der Waals surface area contributed by atoms with Crippen LogP contribution >= 0.6 is 15.9 Å². The molecular weight excluding hydrogens is 270 g/mol. The molecule has 0 amide bonds. The number of benzene rings is 1. The molecule has 1 aromatic rings. The molecule has 16 heavy (non-hydrogen) atoms. The summed E-state index contributed by atoms with van der Waals surface area (Å²) in [6.45, 7) is 4.38. The minimum Gasteiger partial charge on any atom is -0.377 e. The Hall–Kier alpha value is -0.870. The van der Waals surface area contributed by atoms with E-state index in [0.717, 1.165) is 35.2 Å². The number of hydrogen-bond acceptors (Lipinski definition) is 3. The van der Waals surface area contributed by atoms with Crippen molar-refractivity contribution in [2.75, 3.05) is 24.7 Å². The van der Waals surface area contributed by atoms with Crippen LogP contribution in [0, 0.1) is 0 Å². The summed E-state index contributed by atoms with van der Waals surface area (Å²) in [6, 6.07) is 6.11. The van der Waals surface area contributed by atoms with Crippen LogP contribution in [0.25, 0.3) is 0 Å². The maximum absolute atomic E-state index is 11.1. The SMILES string of the molecule is CC1COCCN1c1ccc(Br)cc1C=O. The van der Waals surface area contributed by atoms with Gasteiger partial charge >= 0.3 is 0 Å². The smallest absolute Gasteiger partial charge is 0.152 e.